The van der Waals surface area contributed by atoms with Gasteiger partial charge in [-0.15, -0.1) is 0 Å². The zero-order valence-electron chi connectivity index (χ0n) is 10.9. The topological polar surface area (TPSA) is 63.6 Å². The zero-order chi connectivity index (χ0) is 14.5. The van der Waals surface area contributed by atoms with Crippen LogP contribution in [0.3, 0.4) is 0 Å². The second-order valence-corrected chi connectivity index (χ2v) is 4.26. The lowest BCUT2D eigenvalue weighted by molar-refractivity contribution is -0.132. The minimum absolute atomic E-state index is 0.191. The van der Waals surface area contributed by atoms with Crippen LogP contribution in [0.15, 0.2) is 54.6 Å². The molecule has 0 bridgehead atoms. The second kappa shape index (κ2) is 6.12. The van der Waals surface area contributed by atoms with E-state index >= 15 is 0 Å². The maximum absolute atomic E-state index is 12.2. The van der Waals surface area contributed by atoms with Crippen molar-refractivity contribution in [3.63, 3.8) is 0 Å². The molecule has 2 aromatic rings. The summed E-state index contributed by atoms with van der Waals surface area (Å²) in [6, 6.07) is 14.9. The first kappa shape index (κ1) is 14.0. The first-order chi connectivity index (χ1) is 9.59. The van der Waals surface area contributed by atoms with Gasteiger partial charge < -0.3 is 9.84 Å². The van der Waals surface area contributed by atoms with Gasteiger partial charge in [-0.1, -0.05) is 48.5 Å². The lowest BCUT2D eigenvalue weighted by atomic mass is 9.99. The van der Waals surface area contributed by atoms with Crippen LogP contribution in [-0.4, -0.2) is 16.9 Å². The summed E-state index contributed by atoms with van der Waals surface area (Å²) in [5.74, 6) is -0.751. The van der Waals surface area contributed by atoms with Crippen LogP contribution in [-0.2, 0) is 4.79 Å². The van der Waals surface area contributed by atoms with Crippen molar-refractivity contribution in [2.24, 2.45) is 0 Å². The Morgan fingerprint density at radius 3 is 2.25 bits per heavy atom. The first-order valence-corrected chi connectivity index (χ1v) is 6.14. The Morgan fingerprint density at radius 1 is 1.00 bits per heavy atom. The molecule has 20 heavy (non-hydrogen) atoms. The molecule has 1 N–H and O–H groups in total. The molecule has 4 nitrogen and oxygen atoms in total. The smallest absolute Gasteiger partial charge is 0.308 e. The fourth-order valence-electron chi connectivity index (χ4n) is 1.86. The van der Waals surface area contributed by atoms with Crippen molar-refractivity contribution in [1.82, 2.24) is 0 Å². The molecule has 0 saturated carbocycles. The van der Waals surface area contributed by atoms with Crippen molar-refractivity contribution in [2.75, 3.05) is 0 Å². The molecule has 1 unspecified atom stereocenters. The van der Waals surface area contributed by atoms with Crippen molar-refractivity contribution in [2.45, 2.75) is 13.0 Å². The third-order valence-electron chi connectivity index (χ3n) is 2.77. The minimum Gasteiger partial charge on any atom is -0.426 e. The molecule has 0 aromatic heterocycles. The third-order valence-corrected chi connectivity index (χ3v) is 2.77. The molecule has 0 aliphatic heterocycles. The number of esters is 1. The van der Waals surface area contributed by atoms with E-state index in [0.717, 1.165) is 0 Å². The molecule has 0 heterocycles. The Bertz CT molecular complexity index is 619. The lowest BCUT2D eigenvalue weighted by Crippen LogP contribution is -2.14. The van der Waals surface area contributed by atoms with Gasteiger partial charge in [0.1, 0.15) is 11.9 Å². The molecule has 0 aliphatic carbocycles. The van der Waals surface area contributed by atoms with Crippen molar-refractivity contribution in [3.05, 3.63) is 65.7 Å². The van der Waals surface area contributed by atoms with E-state index in [9.17, 15) is 14.7 Å². The van der Waals surface area contributed by atoms with E-state index in [2.05, 4.69) is 0 Å². The van der Waals surface area contributed by atoms with Crippen LogP contribution in [0.2, 0.25) is 0 Å². The van der Waals surface area contributed by atoms with Crippen LogP contribution in [0.25, 0.3) is 0 Å². The molecular weight excluding hydrogens is 256 g/mol. The highest BCUT2D eigenvalue weighted by Crippen LogP contribution is 2.27. The van der Waals surface area contributed by atoms with Gasteiger partial charge in [0.05, 0.1) is 0 Å². The van der Waals surface area contributed by atoms with Crippen molar-refractivity contribution >= 4 is 11.8 Å². The standard InChI is InChI=1S/C16H14O4/c1-11(17)20-14-10-6-5-9-13(14)16(19)15(18)12-7-3-2-4-8-12/h2-10,16,19H,1H3. The van der Waals surface area contributed by atoms with Crippen LogP contribution in [0, 0.1) is 0 Å². The highest BCUT2D eigenvalue weighted by atomic mass is 16.5. The summed E-state index contributed by atoms with van der Waals surface area (Å²) in [6.45, 7) is 1.27. The molecule has 4 heteroatoms. The number of carbonyl (C=O) groups is 2. The molecule has 0 amide bonds. The summed E-state index contributed by atoms with van der Waals surface area (Å²) in [7, 11) is 0. The quantitative estimate of drug-likeness (QED) is 0.527. The number of aliphatic hydroxyl groups is 1. The number of carbonyl (C=O) groups excluding carboxylic acids is 2. The molecule has 2 aromatic carbocycles. The van der Waals surface area contributed by atoms with E-state index in [1.807, 2.05) is 0 Å². The highest BCUT2D eigenvalue weighted by Gasteiger charge is 2.22. The zero-order valence-corrected chi connectivity index (χ0v) is 10.9. The minimum atomic E-state index is -1.37. The molecule has 0 fully saturated rings. The van der Waals surface area contributed by atoms with Crippen molar-refractivity contribution in [1.29, 1.82) is 0 Å². The Balaban J connectivity index is 2.31. The number of Topliss-reactive ketones (excluding diaryl/α,β-unsaturated/α-hetero) is 1. The van der Waals surface area contributed by atoms with E-state index < -0.39 is 17.9 Å². The molecule has 1 atom stereocenters. The van der Waals surface area contributed by atoms with E-state index in [-0.39, 0.29) is 11.3 Å². The summed E-state index contributed by atoms with van der Waals surface area (Å²) >= 11 is 0. The van der Waals surface area contributed by atoms with Crippen LogP contribution in [0.1, 0.15) is 28.9 Å². The molecule has 2 rings (SSSR count). The molecule has 0 aliphatic rings. The average Bonchev–Trinajstić information content (AvgIpc) is 2.46. The van der Waals surface area contributed by atoms with E-state index in [0.29, 0.717) is 5.56 Å². The maximum Gasteiger partial charge on any atom is 0.308 e. The largest absolute Gasteiger partial charge is 0.426 e. The monoisotopic (exact) mass is 270 g/mol. The number of ether oxygens (including phenoxy) is 1. The number of hydrogen-bond acceptors (Lipinski definition) is 4. The predicted octanol–water partition coefficient (Wildman–Crippen LogP) is 2.53. The van der Waals surface area contributed by atoms with Gasteiger partial charge in [0.2, 0.25) is 0 Å². The van der Waals surface area contributed by atoms with Gasteiger partial charge in [-0.2, -0.15) is 0 Å². The number of aliphatic hydroxyl groups excluding tert-OH is 1. The number of ketones is 1. The predicted molar refractivity (Wildman–Crippen MR) is 73.5 cm³/mol. The van der Waals surface area contributed by atoms with Crippen molar-refractivity contribution in [3.8, 4) is 5.75 Å². The summed E-state index contributed by atoms with van der Waals surface area (Å²) in [5, 5.41) is 10.2. The summed E-state index contributed by atoms with van der Waals surface area (Å²) in [4.78, 5) is 23.2. The van der Waals surface area contributed by atoms with Crippen LogP contribution in [0.5, 0.6) is 5.75 Å². The van der Waals surface area contributed by atoms with Gasteiger partial charge in [-0.3, -0.25) is 9.59 Å². The summed E-state index contributed by atoms with van der Waals surface area (Å²) in [6.07, 6.45) is -1.37. The maximum atomic E-state index is 12.2. The van der Waals surface area contributed by atoms with Crippen LogP contribution < -0.4 is 4.74 Å². The SMILES string of the molecule is CC(=O)Oc1ccccc1C(O)C(=O)c1ccccc1. The Labute approximate surface area is 116 Å². The van der Waals surface area contributed by atoms with Gasteiger partial charge in [0.15, 0.2) is 5.78 Å². The Hall–Kier alpha value is -2.46. The number of para-hydroxylation sites is 1. The third kappa shape index (κ3) is 3.10. The van der Waals surface area contributed by atoms with Gasteiger partial charge in [0.25, 0.3) is 0 Å². The van der Waals surface area contributed by atoms with Crippen LogP contribution in [0.4, 0.5) is 0 Å². The fourth-order valence-corrected chi connectivity index (χ4v) is 1.86. The molecule has 0 radical (unpaired) electrons. The molecule has 0 spiro atoms. The van der Waals surface area contributed by atoms with Gasteiger partial charge in [0, 0.05) is 18.1 Å². The second-order valence-electron chi connectivity index (χ2n) is 4.26. The van der Waals surface area contributed by atoms with E-state index in [1.165, 1.54) is 13.0 Å². The Kier molecular flexibility index (Phi) is 4.27. The lowest BCUT2D eigenvalue weighted by Gasteiger charge is -2.14. The normalized spacial score (nSPS) is 11.7. The Morgan fingerprint density at radius 2 is 1.60 bits per heavy atom. The number of benzene rings is 2. The van der Waals surface area contributed by atoms with E-state index in [1.54, 1.807) is 48.5 Å². The van der Waals surface area contributed by atoms with E-state index in [4.69, 9.17) is 4.74 Å². The molecule has 0 saturated heterocycles. The number of hydrogen-bond donors (Lipinski definition) is 1. The fraction of sp³-hybridized carbons (Fsp3) is 0.125. The van der Waals surface area contributed by atoms with Gasteiger partial charge in [-0.05, 0) is 6.07 Å². The van der Waals surface area contributed by atoms with Crippen LogP contribution >= 0.6 is 0 Å². The highest BCUT2D eigenvalue weighted by molar-refractivity contribution is 6.00. The summed E-state index contributed by atoms with van der Waals surface area (Å²) in [5.41, 5.74) is 0.675. The van der Waals surface area contributed by atoms with Gasteiger partial charge >= 0.3 is 5.97 Å². The van der Waals surface area contributed by atoms with Crippen molar-refractivity contribution < 1.29 is 19.4 Å². The number of rotatable bonds is 4. The molecular formula is C16H14O4. The summed E-state index contributed by atoms with van der Waals surface area (Å²) < 4.78 is 5.00. The molecule has 102 valence electrons. The first-order valence-electron chi connectivity index (χ1n) is 6.14. The van der Waals surface area contributed by atoms with Gasteiger partial charge in [-0.25, -0.2) is 0 Å². The average molecular weight is 270 g/mol.